The number of amides is 1. The van der Waals surface area contributed by atoms with Gasteiger partial charge in [-0.15, -0.1) is 0 Å². The van der Waals surface area contributed by atoms with Crippen molar-refractivity contribution in [1.29, 1.82) is 0 Å². The Hall–Kier alpha value is -3.09. The largest absolute Gasteiger partial charge is 0.493 e. The summed E-state index contributed by atoms with van der Waals surface area (Å²) in [4.78, 5) is 23.9. The smallest absolute Gasteiger partial charge is 0.338 e. The molecule has 27 heavy (non-hydrogen) atoms. The number of esters is 1. The highest BCUT2D eigenvalue weighted by Gasteiger charge is 2.14. The number of carbonyl (C=O) groups is 2. The standard InChI is InChI=1S/C20H22FNO5/c1-3-26-18-12-15(6-9-17(18)25-2)20(24)27-13-19(23)22-11-10-14-4-7-16(21)8-5-14/h4-9,12H,3,10-11,13H2,1-2H3,(H,22,23). The summed E-state index contributed by atoms with van der Waals surface area (Å²) < 4.78 is 28.4. The first-order valence-corrected chi connectivity index (χ1v) is 8.52. The van der Waals surface area contributed by atoms with Gasteiger partial charge >= 0.3 is 5.97 Å². The van der Waals surface area contributed by atoms with Gasteiger partial charge in [-0.2, -0.15) is 0 Å². The summed E-state index contributed by atoms with van der Waals surface area (Å²) in [6.07, 6.45) is 0.552. The van der Waals surface area contributed by atoms with E-state index in [-0.39, 0.29) is 11.4 Å². The van der Waals surface area contributed by atoms with E-state index in [9.17, 15) is 14.0 Å². The molecule has 0 aromatic heterocycles. The molecule has 0 spiro atoms. The summed E-state index contributed by atoms with van der Waals surface area (Å²) in [6, 6.07) is 10.7. The van der Waals surface area contributed by atoms with Crippen LogP contribution in [0.25, 0.3) is 0 Å². The molecular formula is C20H22FNO5. The van der Waals surface area contributed by atoms with E-state index in [0.29, 0.717) is 31.1 Å². The summed E-state index contributed by atoms with van der Waals surface area (Å²) in [5.74, 6) is -0.415. The first kappa shape index (κ1) is 20.2. The zero-order valence-electron chi connectivity index (χ0n) is 15.3. The maximum Gasteiger partial charge on any atom is 0.338 e. The van der Waals surface area contributed by atoms with E-state index >= 15 is 0 Å². The van der Waals surface area contributed by atoms with Gasteiger partial charge in [-0.05, 0) is 49.2 Å². The number of halogens is 1. The highest BCUT2D eigenvalue weighted by molar-refractivity contribution is 5.92. The van der Waals surface area contributed by atoms with Gasteiger partial charge in [-0.25, -0.2) is 9.18 Å². The van der Waals surface area contributed by atoms with Crippen molar-refractivity contribution in [2.24, 2.45) is 0 Å². The third kappa shape index (κ3) is 6.29. The number of rotatable bonds is 9. The summed E-state index contributed by atoms with van der Waals surface area (Å²) in [6.45, 7) is 2.21. The lowest BCUT2D eigenvalue weighted by atomic mass is 10.1. The summed E-state index contributed by atoms with van der Waals surface area (Å²) in [5, 5.41) is 2.65. The Labute approximate surface area is 157 Å². The Bertz CT molecular complexity index is 776. The van der Waals surface area contributed by atoms with Crippen molar-refractivity contribution in [3.8, 4) is 11.5 Å². The minimum Gasteiger partial charge on any atom is -0.493 e. The fourth-order valence-corrected chi connectivity index (χ4v) is 2.33. The zero-order chi connectivity index (χ0) is 19.6. The average Bonchev–Trinajstić information content (AvgIpc) is 2.68. The molecular weight excluding hydrogens is 353 g/mol. The Balaban J connectivity index is 1.79. The Morgan fingerprint density at radius 1 is 1.07 bits per heavy atom. The van der Waals surface area contributed by atoms with E-state index in [0.717, 1.165) is 5.56 Å². The van der Waals surface area contributed by atoms with E-state index in [1.807, 2.05) is 6.92 Å². The van der Waals surface area contributed by atoms with Crippen molar-refractivity contribution >= 4 is 11.9 Å². The predicted molar refractivity (Wildman–Crippen MR) is 97.6 cm³/mol. The molecule has 0 radical (unpaired) electrons. The van der Waals surface area contributed by atoms with Crippen LogP contribution in [0.2, 0.25) is 0 Å². The van der Waals surface area contributed by atoms with Crippen molar-refractivity contribution in [2.75, 3.05) is 26.9 Å². The molecule has 0 unspecified atom stereocenters. The van der Waals surface area contributed by atoms with Gasteiger partial charge in [-0.3, -0.25) is 4.79 Å². The Morgan fingerprint density at radius 3 is 2.48 bits per heavy atom. The van der Waals surface area contributed by atoms with Crippen molar-refractivity contribution in [3.05, 3.63) is 59.4 Å². The van der Waals surface area contributed by atoms with Gasteiger partial charge in [0.05, 0.1) is 19.3 Å². The lowest BCUT2D eigenvalue weighted by molar-refractivity contribution is -0.124. The molecule has 0 heterocycles. The molecule has 1 N–H and O–H groups in total. The van der Waals surface area contributed by atoms with Gasteiger partial charge in [0.15, 0.2) is 18.1 Å². The molecule has 0 aliphatic rings. The molecule has 144 valence electrons. The molecule has 0 bridgehead atoms. The number of benzene rings is 2. The second-order valence-corrected chi connectivity index (χ2v) is 5.60. The molecule has 2 rings (SSSR count). The van der Waals surface area contributed by atoms with E-state index in [1.54, 1.807) is 18.2 Å². The third-order valence-corrected chi connectivity index (χ3v) is 3.68. The maximum absolute atomic E-state index is 12.8. The monoisotopic (exact) mass is 375 g/mol. The molecule has 2 aromatic carbocycles. The van der Waals surface area contributed by atoms with Gasteiger partial charge in [0.2, 0.25) is 0 Å². The van der Waals surface area contributed by atoms with Crippen LogP contribution >= 0.6 is 0 Å². The van der Waals surface area contributed by atoms with Crippen LogP contribution in [0.3, 0.4) is 0 Å². The van der Waals surface area contributed by atoms with Crippen LogP contribution in [0.4, 0.5) is 4.39 Å². The van der Waals surface area contributed by atoms with Gasteiger partial charge < -0.3 is 19.5 Å². The fourth-order valence-electron chi connectivity index (χ4n) is 2.33. The van der Waals surface area contributed by atoms with Crippen LogP contribution in [0.5, 0.6) is 11.5 Å². The summed E-state index contributed by atoms with van der Waals surface area (Å²) >= 11 is 0. The second-order valence-electron chi connectivity index (χ2n) is 5.60. The van der Waals surface area contributed by atoms with Crippen LogP contribution in [0.15, 0.2) is 42.5 Å². The molecule has 0 saturated carbocycles. The lowest BCUT2D eigenvalue weighted by Gasteiger charge is -2.11. The molecule has 1 amide bonds. The SMILES string of the molecule is CCOc1cc(C(=O)OCC(=O)NCCc2ccc(F)cc2)ccc1OC. The molecule has 6 nitrogen and oxygen atoms in total. The number of ether oxygens (including phenoxy) is 3. The van der Waals surface area contributed by atoms with E-state index in [1.165, 1.54) is 31.4 Å². The van der Waals surface area contributed by atoms with Crippen molar-refractivity contribution < 1.29 is 28.2 Å². The quantitative estimate of drug-likeness (QED) is 0.682. The third-order valence-electron chi connectivity index (χ3n) is 3.68. The number of methoxy groups -OCH3 is 1. The van der Waals surface area contributed by atoms with Gasteiger partial charge in [-0.1, -0.05) is 12.1 Å². The first-order chi connectivity index (χ1) is 13.0. The molecule has 0 fully saturated rings. The number of hydrogen-bond donors (Lipinski definition) is 1. The van der Waals surface area contributed by atoms with Crippen LogP contribution < -0.4 is 14.8 Å². The second kappa shape index (κ2) is 10.2. The minimum atomic E-state index is -0.632. The molecule has 0 aliphatic heterocycles. The van der Waals surface area contributed by atoms with Crippen LogP contribution in [0.1, 0.15) is 22.8 Å². The highest BCUT2D eigenvalue weighted by Crippen LogP contribution is 2.28. The van der Waals surface area contributed by atoms with E-state index in [2.05, 4.69) is 5.32 Å². The summed E-state index contributed by atoms with van der Waals surface area (Å²) in [7, 11) is 1.51. The van der Waals surface area contributed by atoms with E-state index < -0.39 is 18.5 Å². The first-order valence-electron chi connectivity index (χ1n) is 8.52. The minimum absolute atomic E-state index is 0.262. The lowest BCUT2D eigenvalue weighted by Crippen LogP contribution is -2.30. The van der Waals surface area contributed by atoms with Crippen LogP contribution in [0, 0.1) is 5.82 Å². The maximum atomic E-state index is 12.8. The fraction of sp³-hybridized carbons (Fsp3) is 0.300. The topological polar surface area (TPSA) is 73.9 Å². The molecule has 2 aromatic rings. The molecule has 0 atom stereocenters. The van der Waals surface area contributed by atoms with Crippen molar-refractivity contribution in [3.63, 3.8) is 0 Å². The zero-order valence-corrected chi connectivity index (χ0v) is 15.3. The number of nitrogens with one attached hydrogen (secondary N) is 1. The van der Waals surface area contributed by atoms with Crippen LogP contribution in [-0.4, -0.2) is 38.7 Å². The van der Waals surface area contributed by atoms with Gasteiger partial charge in [0.25, 0.3) is 5.91 Å². The van der Waals surface area contributed by atoms with Crippen molar-refractivity contribution in [1.82, 2.24) is 5.32 Å². The Kier molecular flexibility index (Phi) is 7.61. The van der Waals surface area contributed by atoms with Gasteiger partial charge in [0, 0.05) is 6.54 Å². The van der Waals surface area contributed by atoms with Crippen molar-refractivity contribution in [2.45, 2.75) is 13.3 Å². The van der Waals surface area contributed by atoms with Crippen LogP contribution in [-0.2, 0) is 16.0 Å². The number of carbonyl (C=O) groups excluding carboxylic acids is 2. The average molecular weight is 375 g/mol. The number of hydrogen-bond acceptors (Lipinski definition) is 5. The molecule has 0 saturated heterocycles. The normalized spacial score (nSPS) is 10.2. The van der Waals surface area contributed by atoms with Gasteiger partial charge in [0.1, 0.15) is 5.82 Å². The summed E-state index contributed by atoms with van der Waals surface area (Å²) in [5.41, 5.74) is 1.16. The Morgan fingerprint density at radius 2 is 1.81 bits per heavy atom. The molecule has 7 heteroatoms. The van der Waals surface area contributed by atoms with E-state index in [4.69, 9.17) is 14.2 Å². The predicted octanol–water partition coefficient (Wildman–Crippen LogP) is 2.75. The highest BCUT2D eigenvalue weighted by atomic mass is 19.1. The molecule has 0 aliphatic carbocycles.